The Hall–Kier alpha value is -1.31. The van der Waals surface area contributed by atoms with Crippen LogP contribution in [0.1, 0.15) is 25.6 Å². The van der Waals surface area contributed by atoms with Crippen molar-refractivity contribution in [3.63, 3.8) is 0 Å². The highest BCUT2D eigenvalue weighted by molar-refractivity contribution is 5.75. The average Bonchev–Trinajstić information content (AvgIpc) is 2.47. The first-order valence-electron chi connectivity index (χ1n) is 5.79. The molecule has 0 saturated heterocycles. The topological polar surface area (TPSA) is 17.8 Å². The number of benzene rings is 1. The Morgan fingerprint density at radius 1 is 1.33 bits per heavy atom. The molecule has 0 amide bonds. The van der Waals surface area contributed by atoms with Gasteiger partial charge in [0.2, 0.25) is 0 Å². The molecular weight excluding hydrogens is 184 g/mol. The maximum absolute atomic E-state index is 4.71. The highest BCUT2D eigenvalue weighted by Gasteiger charge is 2.16. The van der Waals surface area contributed by atoms with Crippen LogP contribution in [0, 0.1) is 5.92 Å². The van der Waals surface area contributed by atoms with Crippen LogP contribution < -0.4 is 0 Å². The molecule has 1 unspecified atom stereocenters. The minimum atomic E-state index is 0.781. The van der Waals surface area contributed by atoms with E-state index >= 15 is 0 Å². The van der Waals surface area contributed by atoms with Gasteiger partial charge in [-0.1, -0.05) is 19.1 Å². The maximum Gasteiger partial charge on any atom is 0.109 e. The predicted molar refractivity (Wildman–Crippen MR) is 61.8 cm³/mol. The number of para-hydroxylation sites is 2. The summed E-state index contributed by atoms with van der Waals surface area (Å²) < 4.78 is 2.41. The van der Waals surface area contributed by atoms with E-state index in [1.54, 1.807) is 0 Å². The van der Waals surface area contributed by atoms with Crippen molar-refractivity contribution in [3.8, 4) is 0 Å². The first-order chi connectivity index (χ1) is 7.34. The molecule has 0 N–H and O–H groups in total. The molecule has 0 spiro atoms. The van der Waals surface area contributed by atoms with Crippen LogP contribution in [0.4, 0.5) is 0 Å². The molecular formula is C13H16N2. The standard InChI is InChI=1S/C13H16N2/c1-10-5-4-8-13-14-11-6-2-3-7-12(11)15(13)9-10/h2-3,6-7,10H,4-5,8-9H2,1H3. The van der Waals surface area contributed by atoms with Gasteiger partial charge in [-0.2, -0.15) is 0 Å². The molecule has 0 aliphatic carbocycles. The summed E-state index contributed by atoms with van der Waals surface area (Å²) in [7, 11) is 0. The Kier molecular flexibility index (Phi) is 2.01. The Balaban J connectivity index is 2.20. The Bertz CT molecular complexity index is 484. The quantitative estimate of drug-likeness (QED) is 0.639. The Morgan fingerprint density at radius 3 is 3.13 bits per heavy atom. The molecule has 2 heterocycles. The smallest absolute Gasteiger partial charge is 0.109 e. The fraction of sp³-hybridized carbons (Fsp3) is 0.462. The van der Waals surface area contributed by atoms with E-state index in [9.17, 15) is 0 Å². The van der Waals surface area contributed by atoms with Gasteiger partial charge < -0.3 is 4.57 Å². The first-order valence-corrected chi connectivity index (χ1v) is 5.79. The van der Waals surface area contributed by atoms with E-state index in [1.807, 2.05) is 0 Å². The van der Waals surface area contributed by atoms with Gasteiger partial charge in [-0.05, 0) is 30.9 Å². The molecule has 0 saturated carbocycles. The second-order valence-electron chi connectivity index (χ2n) is 4.62. The molecule has 0 radical (unpaired) electrons. The first kappa shape index (κ1) is 8.96. The lowest BCUT2D eigenvalue weighted by Crippen LogP contribution is -2.06. The summed E-state index contributed by atoms with van der Waals surface area (Å²) >= 11 is 0. The van der Waals surface area contributed by atoms with Crippen molar-refractivity contribution < 1.29 is 0 Å². The van der Waals surface area contributed by atoms with Gasteiger partial charge in [0, 0.05) is 13.0 Å². The van der Waals surface area contributed by atoms with Crippen molar-refractivity contribution >= 4 is 11.0 Å². The van der Waals surface area contributed by atoms with E-state index < -0.39 is 0 Å². The van der Waals surface area contributed by atoms with Gasteiger partial charge in [-0.15, -0.1) is 0 Å². The van der Waals surface area contributed by atoms with Crippen LogP contribution in [-0.4, -0.2) is 9.55 Å². The lowest BCUT2D eigenvalue weighted by molar-refractivity contribution is 0.471. The van der Waals surface area contributed by atoms with E-state index in [0.29, 0.717) is 0 Å². The van der Waals surface area contributed by atoms with Crippen LogP contribution in [-0.2, 0) is 13.0 Å². The molecule has 0 fully saturated rings. The molecule has 78 valence electrons. The number of aryl methyl sites for hydroxylation is 1. The fourth-order valence-corrected chi connectivity index (χ4v) is 2.53. The summed E-state index contributed by atoms with van der Waals surface area (Å²) in [5.41, 5.74) is 2.46. The van der Waals surface area contributed by atoms with Crippen LogP contribution >= 0.6 is 0 Å². The van der Waals surface area contributed by atoms with Gasteiger partial charge >= 0.3 is 0 Å². The summed E-state index contributed by atoms with van der Waals surface area (Å²) in [6, 6.07) is 8.47. The average molecular weight is 200 g/mol. The van der Waals surface area contributed by atoms with Crippen LogP contribution in [0.15, 0.2) is 24.3 Å². The Labute approximate surface area is 89.9 Å². The van der Waals surface area contributed by atoms with Crippen molar-refractivity contribution in [2.75, 3.05) is 0 Å². The largest absolute Gasteiger partial charge is 0.328 e. The van der Waals surface area contributed by atoms with Crippen molar-refractivity contribution in [3.05, 3.63) is 30.1 Å². The summed E-state index contributed by atoms with van der Waals surface area (Å²) in [5.74, 6) is 2.06. The SMILES string of the molecule is CC1CCCc2nc3ccccc3n2C1. The normalized spacial score (nSPS) is 21.3. The highest BCUT2D eigenvalue weighted by Crippen LogP contribution is 2.24. The second kappa shape index (κ2) is 3.37. The minimum Gasteiger partial charge on any atom is -0.328 e. The van der Waals surface area contributed by atoms with E-state index in [2.05, 4.69) is 35.8 Å². The number of hydrogen-bond acceptors (Lipinski definition) is 1. The van der Waals surface area contributed by atoms with Gasteiger partial charge in [-0.25, -0.2) is 4.98 Å². The van der Waals surface area contributed by atoms with Crippen LogP contribution in [0.2, 0.25) is 0 Å². The Morgan fingerprint density at radius 2 is 2.20 bits per heavy atom. The highest BCUT2D eigenvalue weighted by atomic mass is 15.1. The van der Waals surface area contributed by atoms with Crippen molar-refractivity contribution in [1.29, 1.82) is 0 Å². The summed E-state index contributed by atoms with van der Waals surface area (Å²) in [4.78, 5) is 4.71. The van der Waals surface area contributed by atoms with Crippen LogP contribution in [0.3, 0.4) is 0 Å². The molecule has 15 heavy (non-hydrogen) atoms. The second-order valence-corrected chi connectivity index (χ2v) is 4.62. The van der Waals surface area contributed by atoms with Crippen molar-refractivity contribution in [2.24, 2.45) is 5.92 Å². The molecule has 1 aromatic carbocycles. The molecule has 1 aliphatic rings. The summed E-state index contributed by atoms with van der Waals surface area (Å²) in [5, 5.41) is 0. The summed E-state index contributed by atoms with van der Waals surface area (Å²) in [6.07, 6.45) is 3.75. The van der Waals surface area contributed by atoms with Crippen molar-refractivity contribution in [1.82, 2.24) is 9.55 Å². The van der Waals surface area contributed by atoms with Crippen molar-refractivity contribution in [2.45, 2.75) is 32.7 Å². The fourth-order valence-electron chi connectivity index (χ4n) is 2.53. The van der Waals surface area contributed by atoms with Crippen LogP contribution in [0.5, 0.6) is 0 Å². The van der Waals surface area contributed by atoms with Gasteiger partial charge in [0.15, 0.2) is 0 Å². The van der Waals surface area contributed by atoms with E-state index in [0.717, 1.165) is 24.4 Å². The number of imidazole rings is 1. The number of hydrogen-bond donors (Lipinski definition) is 0. The molecule has 1 atom stereocenters. The van der Waals surface area contributed by atoms with E-state index in [1.165, 1.54) is 24.2 Å². The van der Waals surface area contributed by atoms with Gasteiger partial charge in [0.1, 0.15) is 5.82 Å². The minimum absolute atomic E-state index is 0.781. The lowest BCUT2D eigenvalue weighted by Gasteiger charge is -2.09. The molecule has 2 aromatic rings. The monoisotopic (exact) mass is 200 g/mol. The predicted octanol–water partition coefficient (Wildman–Crippen LogP) is 3.01. The van der Waals surface area contributed by atoms with Gasteiger partial charge in [-0.3, -0.25) is 0 Å². The zero-order chi connectivity index (χ0) is 10.3. The van der Waals surface area contributed by atoms with E-state index in [-0.39, 0.29) is 0 Å². The number of rotatable bonds is 0. The van der Waals surface area contributed by atoms with Gasteiger partial charge in [0.05, 0.1) is 11.0 Å². The molecule has 2 heteroatoms. The molecule has 2 nitrogen and oxygen atoms in total. The van der Waals surface area contributed by atoms with Gasteiger partial charge in [0.25, 0.3) is 0 Å². The third-order valence-electron chi connectivity index (χ3n) is 3.33. The molecule has 1 aliphatic heterocycles. The number of nitrogens with zero attached hydrogens (tertiary/aromatic N) is 2. The summed E-state index contributed by atoms with van der Waals surface area (Å²) in [6.45, 7) is 3.47. The number of fused-ring (bicyclic) bond motifs is 3. The number of aromatic nitrogens is 2. The zero-order valence-corrected chi connectivity index (χ0v) is 9.11. The zero-order valence-electron chi connectivity index (χ0n) is 9.11. The lowest BCUT2D eigenvalue weighted by atomic mass is 10.1. The van der Waals surface area contributed by atoms with Crippen LogP contribution in [0.25, 0.3) is 11.0 Å². The molecule has 0 bridgehead atoms. The maximum atomic E-state index is 4.71. The molecule has 1 aromatic heterocycles. The third-order valence-corrected chi connectivity index (χ3v) is 3.33. The molecule has 3 rings (SSSR count). The van der Waals surface area contributed by atoms with E-state index in [4.69, 9.17) is 4.98 Å². The third kappa shape index (κ3) is 1.44.